The fourth-order valence-electron chi connectivity index (χ4n) is 2.96. The molecule has 2 heterocycles. The molecule has 2 atom stereocenters. The molecule has 20 heavy (non-hydrogen) atoms. The lowest BCUT2D eigenvalue weighted by Crippen LogP contribution is -2.32. The molecule has 1 aromatic carbocycles. The van der Waals surface area contributed by atoms with Crippen LogP contribution >= 0.6 is 0 Å². The van der Waals surface area contributed by atoms with Crippen molar-refractivity contribution in [3.8, 4) is 0 Å². The smallest absolute Gasteiger partial charge is 0.0659 e. The molecule has 3 heteroatoms. The number of nitrogens with one attached hydrogen (secondary N) is 1. The molecule has 1 saturated heterocycles. The molecular formula is C17H23N3. The van der Waals surface area contributed by atoms with Crippen LogP contribution in [-0.2, 0) is 6.54 Å². The van der Waals surface area contributed by atoms with Crippen molar-refractivity contribution in [2.45, 2.75) is 38.8 Å². The summed E-state index contributed by atoms with van der Waals surface area (Å²) in [5.74, 6) is 0.852. The maximum atomic E-state index is 4.50. The molecule has 3 rings (SSSR count). The molecule has 106 valence electrons. The van der Waals surface area contributed by atoms with Crippen LogP contribution in [0.1, 0.15) is 43.4 Å². The van der Waals surface area contributed by atoms with Crippen LogP contribution in [0.25, 0.3) is 0 Å². The Morgan fingerprint density at radius 3 is 2.80 bits per heavy atom. The summed E-state index contributed by atoms with van der Waals surface area (Å²) in [5.41, 5.74) is 2.63. The Hall–Kier alpha value is -1.61. The van der Waals surface area contributed by atoms with Crippen LogP contribution in [0, 0.1) is 5.92 Å². The van der Waals surface area contributed by atoms with E-state index in [0.29, 0.717) is 6.04 Å². The molecule has 1 aliphatic rings. The van der Waals surface area contributed by atoms with Gasteiger partial charge in [-0.2, -0.15) is 5.10 Å². The van der Waals surface area contributed by atoms with E-state index in [2.05, 4.69) is 47.8 Å². The molecule has 1 fully saturated rings. The molecule has 1 aliphatic heterocycles. The number of piperidine rings is 1. The van der Waals surface area contributed by atoms with Crippen LogP contribution in [0.4, 0.5) is 0 Å². The summed E-state index contributed by atoms with van der Waals surface area (Å²) in [5, 5.41) is 8.16. The van der Waals surface area contributed by atoms with Gasteiger partial charge in [-0.05, 0) is 30.9 Å². The number of hydrogen-bond acceptors (Lipinski definition) is 2. The first kappa shape index (κ1) is 13.4. The Bertz CT molecular complexity index is 524. The van der Waals surface area contributed by atoms with E-state index in [1.807, 2.05) is 16.9 Å². The van der Waals surface area contributed by atoms with Crippen molar-refractivity contribution in [1.29, 1.82) is 0 Å². The molecule has 3 nitrogen and oxygen atoms in total. The Kier molecular flexibility index (Phi) is 4.16. The van der Waals surface area contributed by atoms with Gasteiger partial charge in [0.1, 0.15) is 0 Å². The fraction of sp³-hybridized carbons (Fsp3) is 0.471. The largest absolute Gasteiger partial charge is 0.310 e. The summed E-state index contributed by atoms with van der Waals surface area (Å²) in [4.78, 5) is 0. The molecule has 0 saturated carbocycles. The van der Waals surface area contributed by atoms with Crippen molar-refractivity contribution < 1.29 is 0 Å². The van der Waals surface area contributed by atoms with Gasteiger partial charge >= 0.3 is 0 Å². The van der Waals surface area contributed by atoms with Gasteiger partial charge in [-0.25, -0.2) is 0 Å². The zero-order chi connectivity index (χ0) is 13.8. The molecule has 2 aromatic rings. The van der Waals surface area contributed by atoms with Crippen molar-refractivity contribution in [1.82, 2.24) is 15.1 Å². The van der Waals surface area contributed by atoms with Crippen LogP contribution < -0.4 is 5.32 Å². The van der Waals surface area contributed by atoms with Gasteiger partial charge in [0.15, 0.2) is 0 Å². The Labute approximate surface area is 121 Å². The third-order valence-electron chi connectivity index (χ3n) is 4.34. The number of aromatic nitrogens is 2. The summed E-state index contributed by atoms with van der Waals surface area (Å²) in [7, 11) is 0. The van der Waals surface area contributed by atoms with Crippen molar-refractivity contribution in [3.63, 3.8) is 0 Å². The summed E-state index contributed by atoms with van der Waals surface area (Å²) in [6, 6.07) is 11.0. The number of rotatable bonds is 4. The second-order valence-electron chi connectivity index (χ2n) is 5.77. The average Bonchev–Trinajstić information content (AvgIpc) is 2.97. The van der Waals surface area contributed by atoms with E-state index in [-0.39, 0.29) is 0 Å². The number of hydrogen-bond donors (Lipinski definition) is 1. The van der Waals surface area contributed by atoms with Crippen LogP contribution in [0.5, 0.6) is 0 Å². The van der Waals surface area contributed by atoms with E-state index < -0.39 is 0 Å². The number of nitrogens with zero attached hydrogens (tertiary/aromatic N) is 2. The van der Waals surface area contributed by atoms with Crippen molar-refractivity contribution in [2.75, 3.05) is 6.54 Å². The lowest BCUT2D eigenvalue weighted by molar-refractivity contribution is 0.308. The lowest BCUT2D eigenvalue weighted by atomic mass is 9.91. The standard InChI is InChI=1S/C17H23N3/c1-2-14-8-9-17(18-10-14)16-11-19-20(13-16)12-15-6-4-3-5-7-15/h3-7,11,13-14,17-18H,2,8-10,12H2,1H3/t14-,17+/m0/s1. The predicted octanol–water partition coefficient (Wildman–Crippen LogP) is 3.38. The van der Waals surface area contributed by atoms with Gasteiger partial charge in [-0.15, -0.1) is 0 Å². The molecule has 0 bridgehead atoms. The highest BCUT2D eigenvalue weighted by Gasteiger charge is 2.21. The first-order valence-corrected chi connectivity index (χ1v) is 7.65. The highest BCUT2D eigenvalue weighted by Crippen LogP contribution is 2.26. The molecule has 1 aromatic heterocycles. The van der Waals surface area contributed by atoms with E-state index in [9.17, 15) is 0 Å². The maximum Gasteiger partial charge on any atom is 0.0659 e. The summed E-state index contributed by atoms with van der Waals surface area (Å²) >= 11 is 0. The summed E-state index contributed by atoms with van der Waals surface area (Å²) in [6.07, 6.45) is 8.06. The zero-order valence-corrected chi connectivity index (χ0v) is 12.1. The first-order valence-electron chi connectivity index (χ1n) is 7.65. The van der Waals surface area contributed by atoms with E-state index in [0.717, 1.165) is 19.0 Å². The van der Waals surface area contributed by atoms with Gasteiger partial charge in [0.25, 0.3) is 0 Å². The maximum absolute atomic E-state index is 4.50. The third-order valence-corrected chi connectivity index (χ3v) is 4.34. The van der Waals surface area contributed by atoms with Crippen molar-refractivity contribution in [3.05, 3.63) is 53.9 Å². The van der Waals surface area contributed by atoms with Gasteiger partial charge in [0.05, 0.1) is 12.7 Å². The Morgan fingerprint density at radius 1 is 1.25 bits per heavy atom. The zero-order valence-electron chi connectivity index (χ0n) is 12.1. The van der Waals surface area contributed by atoms with Gasteiger partial charge in [0, 0.05) is 17.8 Å². The predicted molar refractivity (Wildman–Crippen MR) is 81.5 cm³/mol. The minimum atomic E-state index is 0.488. The Balaban J connectivity index is 1.62. The van der Waals surface area contributed by atoms with Crippen LogP contribution in [-0.4, -0.2) is 16.3 Å². The van der Waals surface area contributed by atoms with E-state index in [1.165, 1.54) is 30.4 Å². The minimum absolute atomic E-state index is 0.488. The lowest BCUT2D eigenvalue weighted by Gasteiger charge is -2.28. The molecular weight excluding hydrogens is 246 g/mol. The molecule has 0 spiro atoms. The van der Waals surface area contributed by atoms with Crippen LogP contribution in [0.2, 0.25) is 0 Å². The fourth-order valence-corrected chi connectivity index (χ4v) is 2.96. The second kappa shape index (κ2) is 6.23. The second-order valence-corrected chi connectivity index (χ2v) is 5.77. The van der Waals surface area contributed by atoms with Gasteiger partial charge in [-0.3, -0.25) is 4.68 Å². The normalized spacial score (nSPS) is 22.9. The monoisotopic (exact) mass is 269 g/mol. The SMILES string of the molecule is CC[C@H]1CC[C@H](c2cnn(Cc3ccccc3)c2)NC1. The van der Waals surface area contributed by atoms with E-state index in [1.54, 1.807) is 0 Å². The third kappa shape index (κ3) is 3.10. The molecule has 0 radical (unpaired) electrons. The Morgan fingerprint density at radius 2 is 2.10 bits per heavy atom. The highest BCUT2D eigenvalue weighted by molar-refractivity contribution is 5.17. The summed E-state index contributed by atoms with van der Waals surface area (Å²) < 4.78 is 2.04. The van der Waals surface area contributed by atoms with Crippen LogP contribution in [0.15, 0.2) is 42.7 Å². The molecule has 0 amide bonds. The molecule has 0 aliphatic carbocycles. The highest BCUT2D eigenvalue weighted by atomic mass is 15.3. The van der Waals surface area contributed by atoms with Gasteiger partial charge in [-0.1, -0.05) is 43.7 Å². The van der Waals surface area contributed by atoms with Crippen molar-refractivity contribution in [2.24, 2.45) is 5.92 Å². The first-order chi connectivity index (χ1) is 9.85. The van der Waals surface area contributed by atoms with Crippen molar-refractivity contribution >= 4 is 0 Å². The quantitative estimate of drug-likeness (QED) is 0.922. The molecule has 1 N–H and O–H groups in total. The topological polar surface area (TPSA) is 29.9 Å². The minimum Gasteiger partial charge on any atom is -0.310 e. The molecule has 0 unspecified atom stereocenters. The summed E-state index contributed by atoms with van der Waals surface area (Å²) in [6.45, 7) is 4.28. The average molecular weight is 269 g/mol. The van der Waals surface area contributed by atoms with Gasteiger partial charge < -0.3 is 5.32 Å². The van der Waals surface area contributed by atoms with Crippen LogP contribution in [0.3, 0.4) is 0 Å². The van der Waals surface area contributed by atoms with Gasteiger partial charge in [0.2, 0.25) is 0 Å². The van der Waals surface area contributed by atoms with E-state index in [4.69, 9.17) is 0 Å². The van der Waals surface area contributed by atoms with E-state index >= 15 is 0 Å². The number of benzene rings is 1.